The van der Waals surface area contributed by atoms with Crippen molar-refractivity contribution >= 4 is 0 Å². The Labute approximate surface area is 94.2 Å². The number of rotatable bonds is 2. The summed E-state index contributed by atoms with van der Waals surface area (Å²) in [7, 11) is 0. The van der Waals surface area contributed by atoms with Gasteiger partial charge >= 0.3 is 0 Å². The topological polar surface area (TPSA) is 29.3 Å². The molecule has 2 heteroatoms. The summed E-state index contributed by atoms with van der Waals surface area (Å²) in [5.41, 5.74) is 6.05. The van der Waals surface area contributed by atoms with Gasteiger partial charge in [0, 0.05) is 25.7 Å². The molecule has 0 bridgehead atoms. The van der Waals surface area contributed by atoms with Crippen LogP contribution in [0.25, 0.3) is 0 Å². The minimum Gasteiger partial charge on any atom is -0.326 e. The molecule has 2 nitrogen and oxygen atoms in total. The van der Waals surface area contributed by atoms with E-state index in [1.807, 2.05) is 0 Å². The van der Waals surface area contributed by atoms with E-state index in [0.717, 1.165) is 18.4 Å². The summed E-state index contributed by atoms with van der Waals surface area (Å²) in [6.07, 6.45) is 5.78. The Morgan fingerprint density at radius 2 is 1.73 bits per heavy atom. The smallest absolute Gasteiger partial charge is 0.0206 e. The average molecular weight is 210 g/mol. The lowest BCUT2D eigenvalue weighted by molar-refractivity contribution is 0.206. The van der Waals surface area contributed by atoms with E-state index in [9.17, 15) is 0 Å². The van der Waals surface area contributed by atoms with Crippen LogP contribution in [-0.2, 0) is 0 Å². The molecule has 2 atom stereocenters. The zero-order chi connectivity index (χ0) is 10.8. The molecule has 2 unspecified atom stereocenters. The molecule has 88 valence electrons. The van der Waals surface area contributed by atoms with E-state index in [2.05, 4.69) is 18.7 Å². The molecule has 2 aliphatic rings. The van der Waals surface area contributed by atoms with Crippen molar-refractivity contribution in [3.8, 4) is 0 Å². The highest BCUT2D eigenvalue weighted by atomic mass is 15.2. The van der Waals surface area contributed by atoms with Crippen LogP contribution < -0.4 is 5.73 Å². The Morgan fingerprint density at radius 1 is 1.07 bits per heavy atom. The molecule has 0 aromatic rings. The monoisotopic (exact) mass is 210 g/mol. The maximum atomic E-state index is 6.05. The number of likely N-dealkylation sites (tertiary alicyclic amines) is 1. The predicted molar refractivity (Wildman–Crippen MR) is 64.7 cm³/mol. The Kier molecular flexibility index (Phi) is 3.68. The first-order valence-corrected chi connectivity index (χ1v) is 6.63. The van der Waals surface area contributed by atoms with Gasteiger partial charge in [0.05, 0.1) is 0 Å². The molecular formula is C13H26N2. The van der Waals surface area contributed by atoms with E-state index in [4.69, 9.17) is 5.73 Å². The van der Waals surface area contributed by atoms with Crippen molar-refractivity contribution in [2.45, 2.75) is 45.6 Å². The van der Waals surface area contributed by atoms with Crippen molar-refractivity contribution in [2.75, 3.05) is 19.6 Å². The average Bonchev–Trinajstić information content (AvgIpc) is 2.50. The summed E-state index contributed by atoms with van der Waals surface area (Å²) in [6.45, 7) is 8.35. The van der Waals surface area contributed by atoms with Gasteiger partial charge in [-0.3, -0.25) is 0 Å². The fourth-order valence-electron chi connectivity index (χ4n) is 3.12. The lowest BCUT2D eigenvalue weighted by Crippen LogP contribution is -2.32. The third-order valence-corrected chi connectivity index (χ3v) is 4.40. The minimum atomic E-state index is 0.424. The zero-order valence-corrected chi connectivity index (χ0v) is 10.3. The lowest BCUT2D eigenvalue weighted by atomic mass is 9.83. The lowest BCUT2D eigenvalue weighted by Gasteiger charge is -2.29. The summed E-state index contributed by atoms with van der Waals surface area (Å²) in [4.78, 5) is 2.59. The fraction of sp³-hybridized carbons (Fsp3) is 1.00. The van der Waals surface area contributed by atoms with E-state index < -0.39 is 0 Å². The predicted octanol–water partition coefficient (Wildman–Crippen LogP) is 2.09. The van der Waals surface area contributed by atoms with Crippen LogP contribution in [0.4, 0.5) is 0 Å². The largest absolute Gasteiger partial charge is 0.326 e. The number of hydrogen-bond donors (Lipinski definition) is 1. The SMILES string of the molecule is CC1CCC(CN2CC(C)C(N)C2)CC1. The second-order valence-corrected chi connectivity index (χ2v) is 5.99. The van der Waals surface area contributed by atoms with Crippen molar-refractivity contribution < 1.29 is 0 Å². The van der Waals surface area contributed by atoms with Crippen LogP contribution in [-0.4, -0.2) is 30.6 Å². The van der Waals surface area contributed by atoms with Crippen LogP contribution in [0, 0.1) is 17.8 Å². The molecule has 0 spiro atoms. The summed E-state index contributed by atoms with van der Waals surface area (Å²) < 4.78 is 0. The maximum absolute atomic E-state index is 6.05. The van der Waals surface area contributed by atoms with E-state index in [-0.39, 0.29) is 0 Å². The summed E-state index contributed by atoms with van der Waals surface area (Å²) in [6, 6.07) is 0.424. The fourth-order valence-corrected chi connectivity index (χ4v) is 3.12. The molecule has 1 heterocycles. The van der Waals surface area contributed by atoms with Gasteiger partial charge in [0.2, 0.25) is 0 Å². The maximum Gasteiger partial charge on any atom is 0.0206 e. The van der Waals surface area contributed by atoms with Crippen molar-refractivity contribution in [1.82, 2.24) is 4.90 Å². The molecule has 1 saturated heterocycles. The molecule has 0 amide bonds. The van der Waals surface area contributed by atoms with Gasteiger partial charge in [0.25, 0.3) is 0 Å². The Balaban J connectivity index is 1.73. The van der Waals surface area contributed by atoms with Gasteiger partial charge in [0.1, 0.15) is 0 Å². The Bertz CT molecular complexity index is 187. The minimum absolute atomic E-state index is 0.424. The highest BCUT2D eigenvalue weighted by molar-refractivity contribution is 4.85. The number of hydrogen-bond acceptors (Lipinski definition) is 2. The van der Waals surface area contributed by atoms with Gasteiger partial charge in [-0.25, -0.2) is 0 Å². The van der Waals surface area contributed by atoms with E-state index >= 15 is 0 Å². The first-order chi connectivity index (χ1) is 7.15. The first kappa shape index (κ1) is 11.4. The van der Waals surface area contributed by atoms with E-state index in [1.54, 1.807) is 0 Å². The van der Waals surface area contributed by atoms with Crippen LogP contribution >= 0.6 is 0 Å². The molecule has 0 aromatic heterocycles. The van der Waals surface area contributed by atoms with Gasteiger partial charge < -0.3 is 10.6 Å². The first-order valence-electron chi connectivity index (χ1n) is 6.63. The van der Waals surface area contributed by atoms with Gasteiger partial charge in [-0.15, -0.1) is 0 Å². The summed E-state index contributed by atoms with van der Waals surface area (Å²) >= 11 is 0. The Hall–Kier alpha value is -0.0800. The molecule has 2 rings (SSSR count). The van der Waals surface area contributed by atoms with Crippen molar-refractivity contribution in [3.05, 3.63) is 0 Å². The molecule has 15 heavy (non-hydrogen) atoms. The second kappa shape index (κ2) is 4.84. The molecule has 1 saturated carbocycles. The van der Waals surface area contributed by atoms with E-state index in [0.29, 0.717) is 12.0 Å². The summed E-state index contributed by atoms with van der Waals surface area (Å²) in [5, 5.41) is 0. The van der Waals surface area contributed by atoms with Crippen molar-refractivity contribution in [2.24, 2.45) is 23.5 Å². The van der Waals surface area contributed by atoms with Gasteiger partial charge in [-0.2, -0.15) is 0 Å². The second-order valence-electron chi connectivity index (χ2n) is 5.99. The Morgan fingerprint density at radius 3 is 2.27 bits per heavy atom. The molecule has 1 aliphatic carbocycles. The molecular weight excluding hydrogens is 184 g/mol. The highest BCUT2D eigenvalue weighted by Crippen LogP contribution is 2.29. The zero-order valence-electron chi connectivity index (χ0n) is 10.3. The summed E-state index contributed by atoms with van der Waals surface area (Å²) in [5.74, 6) is 2.63. The highest BCUT2D eigenvalue weighted by Gasteiger charge is 2.29. The third kappa shape index (κ3) is 2.94. The van der Waals surface area contributed by atoms with Crippen molar-refractivity contribution in [3.63, 3.8) is 0 Å². The molecule has 2 fully saturated rings. The number of nitrogens with zero attached hydrogens (tertiary/aromatic N) is 1. The molecule has 1 aliphatic heterocycles. The number of nitrogens with two attached hydrogens (primary N) is 1. The van der Waals surface area contributed by atoms with Crippen LogP contribution in [0.15, 0.2) is 0 Å². The molecule has 0 aromatic carbocycles. The van der Waals surface area contributed by atoms with Gasteiger partial charge in [-0.05, 0) is 30.6 Å². The van der Waals surface area contributed by atoms with E-state index in [1.165, 1.54) is 38.8 Å². The van der Waals surface area contributed by atoms with Crippen LogP contribution in [0.1, 0.15) is 39.5 Å². The van der Waals surface area contributed by atoms with Crippen LogP contribution in [0.3, 0.4) is 0 Å². The van der Waals surface area contributed by atoms with Gasteiger partial charge in [-0.1, -0.05) is 26.7 Å². The molecule has 2 N–H and O–H groups in total. The van der Waals surface area contributed by atoms with Crippen LogP contribution in [0.5, 0.6) is 0 Å². The van der Waals surface area contributed by atoms with Gasteiger partial charge in [0.15, 0.2) is 0 Å². The molecule has 0 radical (unpaired) electrons. The quantitative estimate of drug-likeness (QED) is 0.756. The normalized spacial score (nSPS) is 43.4. The standard InChI is InChI=1S/C13H26N2/c1-10-3-5-12(6-4-10)8-15-7-11(2)13(14)9-15/h10-13H,3-9,14H2,1-2H3. The van der Waals surface area contributed by atoms with Crippen molar-refractivity contribution in [1.29, 1.82) is 0 Å². The van der Waals surface area contributed by atoms with Crippen LogP contribution in [0.2, 0.25) is 0 Å². The third-order valence-electron chi connectivity index (χ3n) is 4.40.